The second-order valence-corrected chi connectivity index (χ2v) is 8.63. The quantitative estimate of drug-likeness (QED) is 0.417. The lowest BCUT2D eigenvalue weighted by atomic mass is 9.87. The number of hydrogen-bond acceptors (Lipinski definition) is 3. The minimum atomic E-state index is -0.00368. The molecule has 1 aliphatic heterocycles. The Morgan fingerprint density at radius 2 is 2.12 bits per heavy atom. The zero-order chi connectivity index (χ0) is 23.7. The van der Waals surface area contributed by atoms with Crippen LogP contribution in [0.15, 0.2) is 67.4 Å². The van der Waals surface area contributed by atoms with Crippen LogP contribution in [0.1, 0.15) is 48.6 Å². The molecule has 1 aliphatic rings. The van der Waals surface area contributed by atoms with Crippen molar-refractivity contribution in [3.8, 4) is 0 Å². The fourth-order valence-electron chi connectivity index (χ4n) is 3.73. The van der Waals surface area contributed by atoms with Crippen LogP contribution in [0.3, 0.4) is 0 Å². The number of aromatic nitrogens is 1. The highest BCUT2D eigenvalue weighted by atomic mass is 35.5. The van der Waals surface area contributed by atoms with E-state index in [1.807, 2.05) is 31.2 Å². The molecule has 0 aliphatic carbocycles. The first-order valence-corrected chi connectivity index (χ1v) is 11.2. The Kier molecular flexibility index (Phi) is 9.89. The number of hydrogen-bond donors (Lipinski definition) is 1. The number of carbonyl (C=O) groups is 1. The third kappa shape index (κ3) is 6.65. The summed E-state index contributed by atoms with van der Waals surface area (Å²) in [5.74, 6) is 0.635. The molecule has 0 radical (unpaired) electrons. The van der Waals surface area contributed by atoms with Crippen molar-refractivity contribution in [2.24, 2.45) is 5.92 Å². The van der Waals surface area contributed by atoms with Crippen LogP contribution in [-0.2, 0) is 11.4 Å². The van der Waals surface area contributed by atoms with Crippen molar-refractivity contribution in [1.29, 1.82) is 0 Å². The van der Waals surface area contributed by atoms with Gasteiger partial charge < -0.3 is 10.0 Å². The van der Waals surface area contributed by atoms with Crippen molar-refractivity contribution < 1.29 is 9.90 Å². The van der Waals surface area contributed by atoms with Crippen LogP contribution >= 0.6 is 11.6 Å². The van der Waals surface area contributed by atoms with Crippen molar-refractivity contribution in [1.82, 2.24) is 9.88 Å². The van der Waals surface area contributed by atoms with Gasteiger partial charge >= 0.3 is 0 Å². The predicted molar refractivity (Wildman–Crippen MR) is 133 cm³/mol. The summed E-state index contributed by atoms with van der Waals surface area (Å²) in [5, 5.41) is 10.6. The summed E-state index contributed by atoms with van der Waals surface area (Å²) in [5.41, 5.74) is 6.11. The maximum Gasteiger partial charge on any atom is 0.209 e. The molecule has 170 valence electrons. The van der Waals surface area contributed by atoms with Crippen LogP contribution in [0.25, 0.3) is 5.57 Å². The molecule has 1 aromatic carbocycles. The first-order valence-electron chi connectivity index (χ1n) is 10.8. The van der Waals surface area contributed by atoms with Gasteiger partial charge in [0.15, 0.2) is 0 Å². The van der Waals surface area contributed by atoms with Gasteiger partial charge in [-0.25, -0.2) is 0 Å². The molecule has 1 atom stereocenters. The Balaban J connectivity index is 0.000000380. The normalized spacial score (nSPS) is 15.9. The van der Waals surface area contributed by atoms with Gasteiger partial charge in [0.05, 0.1) is 17.3 Å². The molecule has 2 heterocycles. The van der Waals surface area contributed by atoms with Gasteiger partial charge in [0.2, 0.25) is 6.41 Å². The number of halogens is 1. The molecule has 0 saturated carbocycles. The zero-order valence-electron chi connectivity index (χ0n) is 19.2. The summed E-state index contributed by atoms with van der Waals surface area (Å²) in [6, 6.07) is 9.85. The number of carbonyl (C=O) groups excluding carboxylic acids is 1. The molecule has 0 spiro atoms. The second-order valence-electron chi connectivity index (χ2n) is 8.22. The van der Waals surface area contributed by atoms with Gasteiger partial charge in [-0.3, -0.25) is 9.78 Å². The van der Waals surface area contributed by atoms with Gasteiger partial charge in [-0.2, -0.15) is 0 Å². The number of rotatable bonds is 7. The highest BCUT2D eigenvalue weighted by Gasteiger charge is 2.25. The van der Waals surface area contributed by atoms with E-state index in [4.69, 9.17) is 11.6 Å². The molecule has 32 heavy (non-hydrogen) atoms. The summed E-state index contributed by atoms with van der Waals surface area (Å²) in [4.78, 5) is 16.7. The lowest BCUT2D eigenvalue weighted by Crippen LogP contribution is -2.18. The van der Waals surface area contributed by atoms with E-state index in [1.54, 1.807) is 17.2 Å². The molecule has 1 N–H and O–H groups in total. The van der Waals surface area contributed by atoms with Gasteiger partial charge in [-0.15, -0.1) is 0 Å². The number of likely N-dealkylation sites (tertiary alicyclic amines) is 1. The van der Waals surface area contributed by atoms with E-state index in [1.165, 1.54) is 0 Å². The van der Waals surface area contributed by atoms with Crippen molar-refractivity contribution in [2.75, 3.05) is 13.1 Å². The molecular formula is C27H33ClN2O2. The minimum Gasteiger partial charge on any atom is -0.392 e. The molecule has 3 rings (SSSR count). The molecule has 1 saturated heterocycles. The Hall–Kier alpha value is -2.69. The first-order chi connectivity index (χ1) is 15.3. The maximum absolute atomic E-state index is 10.9. The van der Waals surface area contributed by atoms with Gasteiger partial charge in [-0.05, 0) is 65.3 Å². The zero-order valence-corrected chi connectivity index (χ0v) is 20.0. The largest absolute Gasteiger partial charge is 0.392 e. The Morgan fingerprint density at radius 3 is 2.62 bits per heavy atom. The molecule has 5 heteroatoms. The summed E-state index contributed by atoms with van der Waals surface area (Å²) < 4.78 is 0. The van der Waals surface area contributed by atoms with Crippen molar-refractivity contribution in [2.45, 2.75) is 39.7 Å². The number of allylic oxidation sites excluding steroid dienone is 4. The average Bonchev–Trinajstić information content (AvgIpc) is 3.28. The molecular weight excluding hydrogens is 420 g/mol. The fraction of sp³-hybridized carbons (Fsp3) is 0.333. The van der Waals surface area contributed by atoms with Gasteiger partial charge in [0.25, 0.3) is 0 Å². The standard InChI is InChI=1S/C21H27NO2.C6H6ClN/c1-5-6-20(16(4)15(2)3)17-7-8-21(19(11-17)13-23)18-9-10-22(12-18)14-24;1-5-6(7)3-2-4-8-5/h5-8,11,14-15,18,23H,1,4,9-10,12-13H2,2-3H3;2-4H,1H3/b20-6+;. The third-order valence-electron chi connectivity index (χ3n) is 5.70. The predicted octanol–water partition coefficient (Wildman–Crippen LogP) is 5.95. The summed E-state index contributed by atoms with van der Waals surface area (Å²) in [7, 11) is 0. The van der Waals surface area contributed by atoms with E-state index in [0.29, 0.717) is 11.8 Å². The molecule has 1 amide bonds. The van der Waals surface area contributed by atoms with Crippen LogP contribution in [0.4, 0.5) is 0 Å². The van der Waals surface area contributed by atoms with Crippen LogP contribution in [0, 0.1) is 12.8 Å². The van der Waals surface area contributed by atoms with Gasteiger partial charge in [0, 0.05) is 25.2 Å². The van der Waals surface area contributed by atoms with Crippen LogP contribution in [-0.4, -0.2) is 34.5 Å². The maximum atomic E-state index is 10.9. The average molecular weight is 453 g/mol. The van der Waals surface area contributed by atoms with E-state index < -0.39 is 0 Å². The van der Waals surface area contributed by atoms with Crippen molar-refractivity contribution in [3.63, 3.8) is 0 Å². The topological polar surface area (TPSA) is 53.4 Å². The first kappa shape index (κ1) is 25.6. The van der Waals surface area contributed by atoms with Crippen LogP contribution < -0.4 is 0 Å². The lowest BCUT2D eigenvalue weighted by molar-refractivity contribution is -0.117. The Labute approximate surface area is 196 Å². The number of amides is 1. The summed E-state index contributed by atoms with van der Waals surface area (Å²) in [6.07, 6.45) is 7.32. The fourth-order valence-corrected chi connectivity index (χ4v) is 3.85. The molecule has 1 unspecified atom stereocenters. The summed E-state index contributed by atoms with van der Waals surface area (Å²) >= 11 is 5.65. The smallest absolute Gasteiger partial charge is 0.209 e. The van der Waals surface area contributed by atoms with E-state index >= 15 is 0 Å². The lowest BCUT2D eigenvalue weighted by Gasteiger charge is -2.19. The molecule has 1 aromatic heterocycles. The van der Waals surface area contributed by atoms with Crippen molar-refractivity contribution >= 4 is 23.6 Å². The Morgan fingerprint density at radius 1 is 1.38 bits per heavy atom. The monoisotopic (exact) mass is 452 g/mol. The number of nitrogens with zero attached hydrogens (tertiary/aromatic N) is 2. The highest BCUT2D eigenvalue weighted by molar-refractivity contribution is 6.31. The number of pyridine rings is 1. The molecule has 2 aromatic rings. The number of aliphatic hydroxyl groups is 1. The highest BCUT2D eigenvalue weighted by Crippen LogP contribution is 2.33. The number of aliphatic hydroxyl groups excluding tert-OH is 1. The van der Waals surface area contributed by atoms with Crippen LogP contribution in [0.2, 0.25) is 5.02 Å². The third-order valence-corrected chi connectivity index (χ3v) is 6.10. The van der Waals surface area contributed by atoms with Gasteiger partial charge in [0.1, 0.15) is 0 Å². The molecule has 0 bridgehead atoms. The molecule has 1 fully saturated rings. The minimum absolute atomic E-state index is 0.00368. The number of aryl methyl sites for hydroxylation is 1. The van der Waals surface area contributed by atoms with E-state index in [9.17, 15) is 9.90 Å². The van der Waals surface area contributed by atoms with E-state index in [2.05, 4.69) is 44.1 Å². The van der Waals surface area contributed by atoms with Crippen LogP contribution in [0.5, 0.6) is 0 Å². The number of benzene rings is 1. The SMILES string of the molecule is C=C/C=C(\C(=C)C(C)C)c1ccc(C2CCN(C=O)C2)c(CO)c1.Cc1ncccc1Cl. The van der Waals surface area contributed by atoms with E-state index in [0.717, 1.165) is 64.5 Å². The second kappa shape index (κ2) is 12.4. The Bertz CT molecular complexity index is 960. The van der Waals surface area contributed by atoms with E-state index in [-0.39, 0.29) is 6.61 Å². The van der Waals surface area contributed by atoms with Gasteiger partial charge in [-0.1, -0.05) is 62.9 Å². The summed E-state index contributed by atoms with van der Waals surface area (Å²) in [6.45, 7) is 15.6. The van der Waals surface area contributed by atoms with Crippen molar-refractivity contribution in [3.05, 3.63) is 94.8 Å². The molecule has 4 nitrogen and oxygen atoms in total.